The monoisotopic (exact) mass is 201 g/mol. The summed E-state index contributed by atoms with van der Waals surface area (Å²) in [7, 11) is 1.38. The number of carbonyl (C=O) groups excluding carboxylic acids is 1. The number of aliphatic hydroxyl groups is 1. The maximum Gasteiger partial charge on any atom is 0.319 e. The maximum absolute atomic E-state index is 10.9. The number of ether oxygens (including phenoxy) is 1. The Morgan fingerprint density at radius 2 is 2.21 bits per heavy atom. The number of aliphatic hydroxyl groups excluding tert-OH is 1. The van der Waals surface area contributed by atoms with Crippen molar-refractivity contribution in [1.82, 2.24) is 5.32 Å². The number of esters is 1. The van der Waals surface area contributed by atoms with Gasteiger partial charge in [-0.1, -0.05) is 12.8 Å². The Hall–Kier alpha value is -0.610. The molecule has 0 aromatic heterocycles. The highest BCUT2D eigenvalue weighted by molar-refractivity contribution is 5.71. The zero-order valence-corrected chi connectivity index (χ0v) is 8.66. The molecule has 0 aromatic carbocycles. The van der Waals surface area contributed by atoms with E-state index in [1.54, 1.807) is 0 Å². The van der Waals surface area contributed by atoms with Crippen molar-refractivity contribution in [1.29, 1.82) is 0 Å². The molecular weight excluding hydrogens is 182 g/mol. The minimum atomic E-state index is -0.243. The van der Waals surface area contributed by atoms with Gasteiger partial charge in [-0.2, -0.15) is 0 Å². The summed E-state index contributed by atoms with van der Waals surface area (Å²) in [5.41, 5.74) is 0. The van der Waals surface area contributed by atoms with E-state index in [9.17, 15) is 4.79 Å². The van der Waals surface area contributed by atoms with Crippen LogP contribution in [0, 0.1) is 5.92 Å². The normalized spacial score (nSPS) is 27.3. The zero-order chi connectivity index (χ0) is 10.4. The van der Waals surface area contributed by atoms with Gasteiger partial charge in [0.2, 0.25) is 0 Å². The molecule has 0 saturated heterocycles. The van der Waals surface area contributed by atoms with Crippen molar-refractivity contribution in [2.75, 3.05) is 20.3 Å². The summed E-state index contributed by atoms with van der Waals surface area (Å²) in [5.74, 6) is 0.0562. The van der Waals surface area contributed by atoms with E-state index >= 15 is 0 Å². The van der Waals surface area contributed by atoms with E-state index in [4.69, 9.17) is 5.11 Å². The Balaban J connectivity index is 2.29. The number of nitrogens with one attached hydrogen (secondary N) is 1. The van der Waals surface area contributed by atoms with Crippen molar-refractivity contribution in [3.05, 3.63) is 0 Å². The Labute approximate surface area is 84.6 Å². The van der Waals surface area contributed by atoms with Gasteiger partial charge in [-0.15, -0.1) is 0 Å². The number of carbonyl (C=O) groups is 1. The van der Waals surface area contributed by atoms with E-state index < -0.39 is 0 Å². The minimum Gasteiger partial charge on any atom is -0.468 e. The van der Waals surface area contributed by atoms with Crippen molar-refractivity contribution >= 4 is 5.97 Å². The van der Waals surface area contributed by atoms with Crippen molar-refractivity contribution in [3.8, 4) is 0 Å². The summed E-state index contributed by atoms with van der Waals surface area (Å²) < 4.78 is 4.55. The second kappa shape index (κ2) is 5.98. The van der Waals surface area contributed by atoms with Gasteiger partial charge in [0.05, 0.1) is 13.7 Å². The molecule has 1 aliphatic rings. The van der Waals surface area contributed by atoms with Crippen LogP contribution in [0.15, 0.2) is 0 Å². The van der Waals surface area contributed by atoms with Crippen LogP contribution < -0.4 is 5.32 Å². The maximum atomic E-state index is 10.9. The summed E-state index contributed by atoms with van der Waals surface area (Å²) in [6.45, 7) is 0.455. The standard InChI is InChI=1S/C10H19NO3/c1-14-10(13)6-11-9-5-3-2-4-8(9)7-12/h8-9,11-12H,2-7H2,1H3/t8-,9-/m1/s1. The molecule has 14 heavy (non-hydrogen) atoms. The van der Waals surface area contributed by atoms with Gasteiger partial charge in [0.25, 0.3) is 0 Å². The quantitative estimate of drug-likeness (QED) is 0.642. The lowest BCUT2D eigenvalue weighted by molar-refractivity contribution is -0.139. The Morgan fingerprint density at radius 3 is 2.86 bits per heavy atom. The average molecular weight is 201 g/mol. The van der Waals surface area contributed by atoms with Crippen molar-refractivity contribution < 1.29 is 14.6 Å². The number of hydrogen-bond acceptors (Lipinski definition) is 4. The minimum absolute atomic E-state index is 0.207. The van der Waals surface area contributed by atoms with Crippen LogP contribution in [0.2, 0.25) is 0 Å². The molecule has 4 heteroatoms. The lowest BCUT2D eigenvalue weighted by Crippen LogP contribution is -2.42. The Bertz CT molecular complexity index is 184. The first kappa shape index (κ1) is 11.5. The smallest absolute Gasteiger partial charge is 0.319 e. The van der Waals surface area contributed by atoms with Crippen molar-refractivity contribution in [2.24, 2.45) is 5.92 Å². The first-order valence-corrected chi connectivity index (χ1v) is 5.19. The van der Waals surface area contributed by atoms with E-state index in [0.717, 1.165) is 12.8 Å². The van der Waals surface area contributed by atoms with Crippen molar-refractivity contribution in [3.63, 3.8) is 0 Å². The van der Waals surface area contributed by atoms with E-state index in [1.165, 1.54) is 20.0 Å². The molecule has 0 spiro atoms. The highest BCUT2D eigenvalue weighted by Gasteiger charge is 2.24. The molecule has 1 fully saturated rings. The second-order valence-corrected chi connectivity index (χ2v) is 3.79. The van der Waals surface area contributed by atoms with E-state index in [2.05, 4.69) is 10.1 Å². The fraction of sp³-hybridized carbons (Fsp3) is 0.900. The van der Waals surface area contributed by atoms with Gasteiger partial charge in [0, 0.05) is 12.6 Å². The van der Waals surface area contributed by atoms with Crippen LogP contribution in [0.5, 0.6) is 0 Å². The third kappa shape index (κ3) is 3.27. The molecule has 82 valence electrons. The van der Waals surface area contributed by atoms with Crippen LogP contribution in [0.4, 0.5) is 0 Å². The van der Waals surface area contributed by atoms with Crippen LogP contribution in [-0.2, 0) is 9.53 Å². The van der Waals surface area contributed by atoms with E-state index in [0.29, 0.717) is 5.92 Å². The van der Waals surface area contributed by atoms with Gasteiger partial charge in [0.1, 0.15) is 0 Å². The molecule has 1 saturated carbocycles. The van der Waals surface area contributed by atoms with Gasteiger partial charge >= 0.3 is 5.97 Å². The van der Waals surface area contributed by atoms with Gasteiger partial charge < -0.3 is 15.2 Å². The zero-order valence-electron chi connectivity index (χ0n) is 8.66. The highest BCUT2D eigenvalue weighted by Crippen LogP contribution is 2.23. The third-order valence-electron chi connectivity index (χ3n) is 2.88. The van der Waals surface area contributed by atoms with Gasteiger partial charge in [-0.25, -0.2) is 0 Å². The lowest BCUT2D eigenvalue weighted by Gasteiger charge is -2.30. The molecule has 0 heterocycles. The Kier molecular flexibility index (Phi) is 4.90. The molecule has 1 rings (SSSR count). The van der Waals surface area contributed by atoms with Crippen LogP contribution in [0.1, 0.15) is 25.7 Å². The fourth-order valence-corrected chi connectivity index (χ4v) is 1.98. The fourth-order valence-electron chi connectivity index (χ4n) is 1.98. The molecule has 0 aromatic rings. The van der Waals surface area contributed by atoms with Crippen LogP contribution in [-0.4, -0.2) is 37.4 Å². The summed E-state index contributed by atoms with van der Waals surface area (Å²) in [4.78, 5) is 10.9. The summed E-state index contributed by atoms with van der Waals surface area (Å²) in [6.07, 6.45) is 4.45. The third-order valence-corrected chi connectivity index (χ3v) is 2.88. The first-order chi connectivity index (χ1) is 6.77. The van der Waals surface area contributed by atoms with Crippen molar-refractivity contribution in [2.45, 2.75) is 31.7 Å². The molecule has 0 unspecified atom stereocenters. The van der Waals surface area contributed by atoms with Crippen LogP contribution in [0.3, 0.4) is 0 Å². The molecule has 1 aliphatic carbocycles. The molecule has 2 atom stereocenters. The largest absolute Gasteiger partial charge is 0.468 e. The predicted octanol–water partition coefficient (Wildman–Crippen LogP) is 0.300. The van der Waals surface area contributed by atoms with Gasteiger partial charge in [-0.05, 0) is 18.8 Å². The predicted molar refractivity (Wildman–Crippen MR) is 52.9 cm³/mol. The number of hydrogen-bond donors (Lipinski definition) is 2. The SMILES string of the molecule is COC(=O)CN[C@@H]1CCCC[C@@H]1CO. The topological polar surface area (TPSA) is 58.6 Å². The van der Waals surface area contributed by atoms with Gasteiger partial charge in [0.15, 0.2) is 0 Å². The summed E-state index contributed by atoms with van der Waals surface area (Å²) in [5, 5.41) is 12.3. The Morgan fingerprint density at radius 1 is 1.50 bits per heavy atom. The highest BCUT2D eigenvalue weighted by atomic mass is 16.5. The molecule has 2 N–H and O–H groups in total. The van der Waals surface area contributed by atoms with E-state index in [1.807, 2.05) is 0 Å². The average Bonchev–Trinajstić information content (AvgIpc) is 2.26. The molecule has 0 bridgehead atoms. The molecule has 0 radical (unpaired) electrons. The second-order valence-electron chi connectivity index (χ2n) is 3.79. The molecule has 0 aliphatic heterocycles. The molecule has 4 nitrogen and oxygen atoms in total. The molecule has 0 amide bonds. The lowest BCUT2D eigenvalue weighted by atomic mass is 9.85. The van der Waals surface area contributed by atoms with Crippen LogP contribution in [0.25, 0.3) is 0 Å². The summed E-state index contributed by atoms with van der Waals surface area (Å²) >= 11 is 0. The number of methoxy groups -OCH3 is 1. The van der Waals surface area contributed by atoms with E-state index in [-0.39, 0.29) is 25.2 Å². The van der Waals surface area contributed by atoms with Gasteiger partial charge in [-0.3, -0.25) is 4.79 Å². The summed E-state index contributed by atoms with van der Waals surface area (Å²) in [6, 6.07) is 0.271. The molecular formula is C10H19NO3. The van der Waals surface area contributed by atoms with Crippen LogP contribution >= 0.6 is 0 Å². The number of rotatable bonds is 4. The first-order valence-electron chi connectivity index (χ1n) is 5.19.